The Bertz CT molecular complexity index is 608. The van der Waals surface area contributed by atoms with Gasteiger partial charge in [0.2, 0.25) is 0 Å². The third-order valence-corrected chi connectivity index (χ3v) is 5.15. The van der Waals surface area contributed by atoms with Crippen molar-refractivity contribution in [2.75, 3.05) is 7.11 Å². The second kappa shape index (κ2) is 6.77. The maximum absolute atomic E-state index is 5.43. The van der Waals surface area contributed by atoms with E-state index < -0.39 is 0 Å². The Morgan fingerprint density at radius 1 is 1.10 bits per heavy atom. The van der Waals surface area contributed by atoms with E-state index in [0.717, 1.165) is 16.6 Å². The van der Waals surface area contributed by atoms with Crippen LogP contribution in [-0.4, -0.2) is 7.11 Å². The zero-order valence-corrected chi connectivity index (χ0v) is 15.1. The first-order valence-corrected chi connectivity index (χ1v) is 8.26. The molecular formula is C17H18Br2O. The van der Waals surface area contributed by atoms with Gasteiger partial charge in [-0.1, -0.05) is 56.1 Å². The van der Waals surface area contributed by atoms with Crippen LogP contribution in [0.5, 0.6) is 5.75 Å². The third-order valence-electron chi connectivity index (χ3n) is 3.48. The average molecular weight is 398 g/mol. The van der Waals surface area contributed by atoms with Crippen LogP contribution in [0.3, 0.4) is 0 Å². The Balaban J connectivity index is 2.28. The van der Waals surface area contributed by atoms with Crippen molar-refractivity contribution >= 4 is 31.9 Å². The number of ether oxygens (including phenoxy) is 1. The second-order valence-electron chi connectivity index (χ2n) is 4.94. The lowest BCUT2D eigenvalue weighted by Gasteiger charge is -2.16. The summed E-state index contributed by atoms with van der Waals surface area (Å²) in [6.07, 6.45) is 0.909. The molecule has 2 rings (SSSR count). The highest BCUT2D eigenvalue weighted by atomic mass is 79.9. The Kier molecular flexibility index (Phi) is 5.28. The highest BCUT2D eigenvalue weighted by molar-refractivity contribution is 9.10. The third kappa shape index (κ3) is 3.44. The summed E-state index contributed by atoms with van der Waals surface area (Å²) >= 11 is 7.41. The van der Waals surface area contributed by atoms with Gasteiger partial charge in [0.15, 0.2) is 0 Å². The van der Waals surface area contributed by atoms with Gasteiger partial charge in [0, 0.05) is 9.30 Å². The number of hydrogen-bond acceptors (Lipinski definition) is 1. The molecule has 106 valence electrons. The van der Waals surface area contributed by atoms with E-state index >= 15 is 0 Å². The van der Waals surface area contributed by atoms with Crippen molar-refractivity contribution in [3.05, 3.63) is 63.1 Å². The molecule has 1 unspecified atom stereocenters. The normalized spacial score (nSPS) is 12.2. The van der Waals surface area contributed by atoms with Crippen molar-refractivity contribution in [1.82, 2.24) is 0 Å². The van der Waals surface area contributed by atoms with Crippen LogP contribution in [0.4, 0.5) is 0 Å². The van der Waals surface area contributed by atoms with E-state index in [0.29, 0.717) is 0 Å². The van der Waals surface area contributed by atoms with Crippen LogP contribution in [0.25, 0.3) is 0 Å². The smallest absolute Gasteiger partial charge is 0.122 e. The molecule has 0 aliphatic carbocycles. The van der Waals surface area contributed by atoms with Gasteiger partial charge in [-0.15, -0.1) is 0 Å². The molecule has 0 saturated heterocycles. The molecule has 2 aromatic carbocycles. The van der Waals surface area contributed by atoms with Crippen LogP contribution < -0.4 is 4.74 Å². The minimum absolute atomic E-state index is 0.283. The highest BCUT2D eigenvalue weighted by Crippen LogP contribution is 2.34. The first-order valence-electron chi connectivity index (χ1n) is 6.55. The van der Waals surface area contributed by atoms with E-state index in [1.807, 2.05) is 12.1 Å². The number of rotatable bonds is 4. The minimum atomic E-state index is 0.283. The maximum Gasteiger partial charge on any atom is 0.122 e. The lowest BCUT2D eigenvalue weighted by Crippen LogP contribution is -2.01. The molecule has 0 aliphatic heterocycles. The topological polar surface area (TPSA) is 9.23 Å². The molecule has 2 aromatic rings. The lowest BCUT2D eigenvalue weighted by atomic mass is 9.98. The van der Waals surface area contributed by atoms with Crippen LogP contribution >= 0.6 is 31.9 Å². The van der Waals surface area contributed by atoms with E-state index in [2.05, 4.69) is 70.0 Å². The summed E-state index contributed by atoms with van der Waals surface area (Å²) < 4.78 is 6.59. The van der Waals surface area contributed by atoms with Crippen LogP contribution in [0.2, 0.25) is 0 Å². The van der Waals surface area contributed by atoms with Gasteiger partial charge in [-0.25, -0.2) is 0 Å². The van der Waals surface area contributed by atoms with Crippen molar-refractivity contribution in [3.63, 3.8) is 0 Å². The number of hydrogen-bond donors (Lipinski definition) is 0. The van der Waals surface area contributed by atoms with Crippen molar-refractivity contribution in [2.45, 2.75) is 25.1 Å². The molecule has 3 heteroatoms. The summed E-state index contributed by atoms with van der Waals surface area (Å²) in [7, 11) is 1.72. The quantitative estimate of drug-likeness (QED) is 0.596. The number of methoxy groups -OCH3 is 1. The first kappa shape index (κ1) is 15.6. The van der Waals surface area contributed by atoms with Crippen molar-refractivity contribution < 1.29 is 4.74 Å². The largest absolute Gasteiger partial charge is 0.496 e. The van der Waals surface area contributed by atoms with Gasteiger partial charge >= 0.3 is 0 Å². The Morgan fingerprint density at radius 3 is 2.50 bits per heavy atom. The lowest BCUT2D eigenvalue weighted by molar-refractivity contribution is 0.409. The molecule has 0 amide bonds. The summed E-state index contributed by atoms with van der Waals surface area (Å²) in [4.78, 5) is 0.283. The number of aryl methyl sites for hydroxylation is 2. The summed E-state index contributed by atoms with van der Waals surface area (Å²) in [6, 6.07) is 12.6. The Labute approximate surface area is 137 Å². The predicted molar refractivity (Wildman–Crippen MR) is 92.0 cm³/mol. The molecule has 0 bridgehead atoms. The fraction of sp³-hybridized carbons (Fsp3) is 0.294. The monoisotopic (exact) mass is 396 g/mol. The fourth-order valence-corrected chi connectivity index (χ4v) is 3.62. The molecule has 0 radical (unpaired) electrons. The molecule has 0 N–H and O–H groups in total. The SMILES string of the molecule is COc1ccccc1CC(Br)c1cc(C)c(Br)cc1C. The second-order valence-corrected chi connectivity index (χ2v) is 6.90. The highest BCUT2D eigenvalue weighted by Gasteiger charge is 2.14. The van der Waals surface area contributed by atoms with Crippen molar-refractivity contribution in [3.8, 4) is 5.75 Å². The molecule has 0 spiro atoms. The molecule has 0 heterocycles. The Hall–Kier alpha value is -0.800. The predicted octanol–water partition coefficient (Wildman–Crippen LogP) is 5.75. The van der Waals surface area contributed by atoms with E-state index in [1.165, 1.54) is 22.3 Å². The van der Waals surface area contributed by atoms with Gasteiger partial charge < -0.3 is 4.74 Å². The molecule has 0 aliphatic rings. The number of halogens is 2. The van der Waals surface area contributed by atoms with Gasteiger partial charge in [-0.05, 0) is 54.7 Å². The van der Waals surface area contributed by atoms with E-state index in [9.17, 15) is 0 Å². The molecule has 1 atom stereocenters. The van der Waals surface area contributed by atoms with E-state index in [4.69, 9.17) is 4.74 Å². The van der Waals surface area contributed by atoms with E-state index in [-0.39, 0.29) is 4.83 Å². The van der Waals surface area contributed by atoms with Crippen LogP contribution in [0.15, 0.2) is 40.9 Å². The van der Waals surface area contributed by atoms with Gasteiger partial charge in [-0.3, -0.25) is 0 Å². The van der Waals surface area contributed by atoms with Gasteiger partial charge in [-0.2, -0.15) is 0 Å². The van der Waals surface area contributed by atoms with Crippen LogP contribution in [0, 0.1) is 13.8 Å². The van der Waals surface area contributed by atoms with Crippen molar-refractivity contribution in [2.24, 2.45) is 0 Å². The molecule has 0 fully saturated rings. The first-order chi connectivity index (χ1) is 9.52. The molecule has 0 aromatic heterocycles. The number of benzene rings is 2. The standard InChI is InChI=1S/C17H18Br2O/c1-11-9-15(18)12(2)8-14(11)16(19)10-13-6-4-5-7-17(13)20-3/h4-9,16H,10H2,1-3H3. The molecule has 1 nitrogen and oxygen atoms in total. The molecular weight excluding hydrogens is 380 g/mol. The van der Waals surface area contributed by atoms with Crippen LogP contribution in [0.1, 0.15) is 27.1 Å². The number of para-hydroxylation sites is 1. The van der Waals surface area contributed by atoms with Crippen molar-refractivity contribution in [1.29, 1.82) is 0 Å². The summed E-state index contributed by atoms with van der Waals surface area (Å²) in [5, 5.41) is 0. The summed E-state index contributed by atoms with van der Waals surface area (Å²) in [6.45, 7) is 4.27. The van der Waals surface area contributed by atoms with Gasteiger partial charge in [0.05, 0.1) is 7.11 Å². The Morgan fingerprint density at radius 2 is 1.80 bits per heavy atom. The average Bonchev–Trinajstić information content (AvgIpc) is 2.43. The van der Waals surface area contributed by atoms with Crippen LogP contribution in [-0.2, 0) is 6.42 Å². The van der Waals surface area contributed by atoms with E-state index in [1.54, 1.807) is 7.11 Å². The zero-order valence-electron chi connectivity index (χ0n) is 11.9. The maximum atomic E-state index is 5.43. The van der Waals surface area contributed by atoms with Gasteiger partial charge in [0.25, 0.3) is 0 Å². The fourth-order valence-electron chi connectivity index (χ4n) is 2.32. The molecule has 0 saturated carbocycles. The summed E-state index contributed by atoms with van der Waals surface area (Å²) in [5.41, 5.74) is 5.10. The summed E-state index contributed by atoms with van der Waals surface area (Å²) in [5.74, 6) is 0.948. The van der Waals surface area contributed by atoms with Gasteiger partial charge in [0.1, 0.15) is 5.75 Å². The number of alkyl halides is 1. The molecule has 20 heavy (non-hydrogen) atoms. The zero-order chi connectivity index (χ0) is 14.7. The minimum Gasteiger partial charge on any atom is -0.496 e.